The molecule has 3 heterocycles. The van der Waals surface area contributed by atoms with Crippen molar-refractivity contribution in [3.8, 4) is 0 Å². The number of rotatable bonds is 3. The van der Waals surface area contributed by atoms with Gasteiger partial charge in [0, 0.05) is 39.4 Å². The Hall–Kier alpha value is -3.32. The fourth-order valence-corrected chi connectivity index (χ4v) is 6.51. The molecule has 1 saturated heterocycles. The fourth-order valence-electron chi connectivity index (χ4n) is 5.46. The first-order valence-electron chi connectivity index (χ1n) is 11.7. The molecule has 1 aromatic carbocycles. The zero-order valence-corrected chi connectivity index (χ0v) is 21.1. The number of nitrogen functional groups attached to an aromatic ring is 1. The van der Waals surface area contributed by atoms with E-state index in [2.05, 4.69) is 22.1 Å². The molecule has 2 aliphatic rings. The Labute approximate surface area is 214 Å². The van der Waals surface area contributed by atoms with Crippen LogP contribution in [0.5, 0.6) is 0 Å². The van der Waals surface area contributed by atoms with E-state index in [0.29, 0.717) is 35.4 Å². The van der Waals surface area contributed by atoms with Gasteiger partial charge in [-0.05, 0) is 35.8 Å². The number of halogens is 3. The molecular weight excluding hydrogens is 507 g/mol. The average Bonchev–Trinajstić information content (AvgIpc) is 3.12. The number of nitrogens with two attached hydrogens (primary N) is 2. The van der Waals surface area contributed by atoms with E-state index in [1.807, 2.05) is 17.0 Å². The first-order chi connectivity index (χ1) is 17.4. The Bertz CT molecular complexity index is 1490. The van der Waals surface area contributed by atoms with E-state index in [1.165, 1.54) is 22.7 Å². The molecule has 196 valence electrons. The Morgan fingerprint density at radius 2 is 1.78 bits per heavy atom. The maximum Gasteiger partial charge on any atom is 0.432 e. The van der Waals surface area contributed by atoms with Crippen LogP contribution in [0.2, 0.25) is 0 Å². The number of alkyl halides is 3. The molecule has 4 N–H and O–H groups in total. The van der Waals surface area contributed by atoms with Gasteiger partial charge in [-0.3, -0.25) is 13.9 Å². The van der Waals surface area contributed by atoms with Crippen LogP contribution in [-0.2, 0) is 26.7 Å². The Kier molecular flexibility index (Phi) is 6.10. The van der Waals surface area contributed by atoms with E-state index in [-0.39, 0.29) is 22.2 Å². The first kappa shape index (κ1) is 25.3. The van der Waals surface area contributed by atoms with Crippen molar-refractivity contribution in [2.45, 2.75) is 41.3 Å². The van der Waals surface area contributed by atoms with Gasteiger partial charge in [-0.25, -0.2) is 9.78 Å². The minimum atomic E-state index is -4.84. The standard InChI is InChI=1S/C24H26F3N7O2S/c1-32-18(24(25,26)27)15(12-30-22(32)36)37-16-19(29)31-21(33(2)20(16)35)34-9-7-23(8-10-34)11-13-5-3-4-6-14(13)17(23)28/h3-6,12,17H,7-11,28-29H2,1-2H3/t17-/m1/s1. The monoisotopic (exact) mass is 533 g/mol. The number of nitrogens with zero attached hydrogens (tertiary/aromatic N) is 5. The molecule has 13 heteroatoms. The van der Waals surface area contributed by atoms with Gasteiger partial charge in [0.1, 0.15) is 16.4 Å². The van der Waals surface area contributed by atoms with Crippen molar-refractivity contribution in [1.82, 2.24) is 19.1 Å². The molecule has 1 fully saturated rings. The van der Waals surface area contributed by atoms with Crippen molar-refractivity contribution in [3.05, 3.63) is 68.1 Å². The molecule has 0 unspecified atom stereocenters. The molecule has 0 saturated carbocycles. The summed E-state index contributed by atoms with van der Waals surface area (Å²) in [7, 11) is 2.49. The van der Waals surface area contributed by atoms with Crippen molar-refractivity contribution in [1.29, 1.82) is 0 Å². The molecule has 0 bridgehead atoms. The van der Waals surface area contributed by atoms with Gasteiger partial charge < -0.3 is 16.4 Å². The molecule has 1 atom stereocenters. The Morgan fingerprint density at radius 3 is 2.43 bits per heavy atom. The minimum absolute atomic E-state index is 0.0648. The molecule has 5 rings (SSSR count). The van der Waals surface area contributed by atoms with Gasteiger partial charge in [-0.2, -0.15) is 18.2 Å². The SMILES string of the molecule is Cn1c(C(F)(F)F)c(Sc2c(N)nc(N3CCC4(CC3)Cc3ccccc3[C@H]4N)n(C)c2=O)cnc1=O. The lowest BCUT2D eigenvalue weighted by Crippen LogP contribution is -2.46. The third-order valence-electron chi connectivity index (χ3n) is 7.51. The molecule has 1 spiro atoms. The highest BCUT2D eigenvalue weighted by atomic mass is 32.2. The number of piperidine rings is 1. The fraction of sp³-hybridized carbons (Fsp3) is 0.417. The summed E-state index contributed by atoms with van der Waals surface area (Å²) in [6, 6.07) is 8.14. The molecule has 0 radical (unpaired) electrons. The van der Waals surface area contributed by atoms with E-state index in [9.17, 15) is 22.8 Å². The van der Waals surface area contributed by atoms with Crippen LogP contribution in [0, 0.1) is 5.41 Å². The first-order valence-corrected chi connectivity index (χ1v) is 12.5. The average molecular weight is 534 g/mol. The van der Waals surface area contributed by atoms with Crippen molar-refractivity contribution >= 4 is 23.5 Å². The lowest BCUT2D eigenvalue weighted by Gasteiger charge is -2.42. The smallest absolute Gasteiger partial charge is 0.382 e. The zero-order valence-electron chi connectivity index (χ0n) is 20.2. The summed E-state index contributed by atoms with van der Waals surface area (Å²) >= 11 is 0.497. The quantitative estimate of drug-likeness (QED) is 0.526. The second-order valence-corrected chi connectivity index (χ2v) is 10.7. The lowest BCUT2D eigenvalue weighted by molar-refractivity contribution is -0.146. The Balaban J connectivity index is 1.42. The van der Waals surface area contributed by atoms with Gasteiger partial charge >= 0.3 is 11.9 Å². The normalized spacial score (nSPS) is 18.9. The van der Waals surface area contributed by atoms with Crippen molar-refractivity contribution in [2.24, 2.45) is 25.2 Å². The van der Waals surface area contributed by atoms with Gasteiger partial charge in [-0.15, -0.1) is 0 Å². The summed E-state index contributed by atoms with van der Waals surface area (Å²) in [5.41, 5.74) is 12.3. The van der Waals surface area contributed by atoms with E-state index < -0.39 is 28.0 Å². The maximum absolute atomic E-state index is 13.7. The topological polar surface area (TPSA) is 125 Å². The van der Waals surface area contributed by atoms with Crippen molar-refractivity contribution < 1.29 is 13.2 Å². The van der Waals surface area contributed by atoms with Crippen LogP contribution >= 0.6 is 11.8 Å². The summed E-state index contributed by atoms with van der Waals surface area (Å²) in [6.45, 7) is 1.22. The number of benzene rings is 1. The van der Waals surface area contributed by atoms with Gasteiger partial charge in [0.2, 0.25) is 5.95 Å². The number of aromatic nitrogens is 4. The summed E-state index contributed by atoms with van der Waals surface area (Å²) in [5, 5.41) is 0. The predicted octanol–water partition coefficient (Wildman–Crippen LogP) is 2.47. The molecule has 1 aliphatic heterocycles. The van der Waals surface area contributed by atoms with Gasteiger partial charge in [0.05, 0.1) is 4.90 Å². The van der Waals surface area contributed by atoms with Crippen LogP contribution in [0.15, 0.2) is 49.8 Å². The largest absolute Gasteiger partial charge is 0.432 e. The second kappa shape index (κ2) is 8.91. The number of anilines is 2. The van der Waals surface area contributed by atoms with Crippen LogP contribution < -0.4 is 27.6 Å². The summed E-state index contributed by atoms with van der Waals surface area (Å²) in [5.74, 6) is 0.163. The predicted molar refractivity (Wildman–Crippen MR) is 133 cm³/mol. The van der Waals surface area contributed by atoms with Crippen LogP contribution in [0.1, 0.15) is 35.7 Å². The summed E-state index contributed by atoms with van der Waals surface area (Å²) in [6.07, 6.45) is -1.54. The molecular formula is C24H26F3N7O2S. The highest BCUT2D eigenvalue weighted by Crippen LogP contribution is 2.51. The Morgan fingerprint density at radius 1 is 1.11 bits per heavy atom. The van der Waals surface area contributed by atoms with Crippen molar-refractivity contribution in [3.63, 3.8) is 0 Å². The van der Waals surface area contributed by atoms with Gasteiger partial charge in [0.25, 0.3) is 5.56 Å². The van der Waals surface area contributed by atoms with E-state index in [0.717, 1.165) is 32.5 Å². The summed E-state index contributed by atoms with van der Waals surface area (Å²) in [4.78, 5) is 34.2. The summed E-state index contributed by atoms with van der Waals surface area (Å²) < 4.78 is 42.7. The van der Waals surface area contributed by atoms with Gasteiger partial charge in [-0.1, -0.05) is 36.0 Å². The number of hydrogen-bond acceptors (Lipinski definition) is 8. The maximum atomic E-state index is 13.7. The van der Waals surface area contributed by atoms with Crippen molar-refractivity contribution in [2.75, 3.05) is 23.7 Å². The lowest BCUT2D eigenvalue weighted by atomic mass is 9.73. The van der Waals surface area contributed by atoms with Crippen LogP contribution in [0.3, 0.4) is 0 Å². The van der Waals surface area contributed by atoms with E-state index in [1.54, 1.807) is 0 Å². The highest BCUT2D eigenvalue weighted by molar-refractivity contribution is 7.99. The third kappa shape index (κ3) is 4.19. The van der Waals surface area contributed by atoms with Crippen LogP contribution in [-0.4, -0.2) is 32.2 Å². The van der Waals surface area contributed by atoms with E-state index in [4.69, 9.17) is 11.5 Å². The molecule has 9 nitrogen and oxygen atoms in total. The molecule has 37 heavy (non-hydrogen) atoms. The molecule has 0 amide bonds. The zero-order chi connectivity index (χ0) is 26.7. The van der Waals surface area contributed by atoms with Crippen LogP contribution in [0.25, 0.3) is 0 Å². The second-order valence-electron chi connectivity index (χ2n) is 9.61. The highest BCUT2D eigenvalue weighted by Gasteiger charge is 2.46. The van der Waals surface area contributed by atoms with Gasteiger partial charge in [0.15, 0.2) is 0 Å². The third-order valence-corrected chi connectivity index (χ3v) is 8.62. The minimum Gasteiger partial charge on any atom is -0.382 e. The van der Waals surface area contributed by atoms with Crippen LogP contribution in [0.4, 0.5) is 24.9 Å². The molecule has 3 aromatic rings. The van der Waals surface area contributed by atoms with E-state index >= 15 is 0 Å². The molecule has 1 aliphatic carbocycles. The number of hydrogen-bond donors (Lipinski definition) is 2. The number of fused-ring (bicyclic) bond motifs is 1. The molecule has 2 aromatic heterocycles.